The Balaban J connectivity index is 1.66. The molecule has 164 valence electrons. The number of hydrogen-bond acceptors (Lipinski definition) is 5. The van der Waals surface area contributed by atoms with E-state index in [1.165, 1.54) is 34.0 Å². The molecule has 0 saturated heterocycles. The van der Waals surface area contributed by atoms with Crippen molar-refractivity contribution in [2.75, 3.05) is 13.1 Å². The van der Waals surface area contributed by atoms with Gasteiger partial charge in [0.2, 0.25) is 15.9 Å². The van der Waals surface area contributed by atoms with Crippen LogP contribution in [-0.4, -0.2) is 47.4 Å². The third-order valence-corrected chi connectivity index (χ3v) is 7.41. The highest BCUT2D eigenvalue weighted by Gasteiger charge is 2.25. The molecule has 1 aliphatic rings. The SMILES string of the molecule is CCN(CC)S(=O)(=O)c1cc(C(=O)NCc2ccnc(OC3CCCC3)c2)n(C)c1. The molecule has 0 unspecified atom stereocenters. The van der Waals surface area contributed by atoms with E-state index in [0.717, 1.165) is 18.4 Å². The van der Waals surface area contributed by atoms with E-state index in [9.17, 15) is 13.2 Å². The van der Waals surface area contributed by atoms with Crippen molar-refractivity contribution in [1.82, 2.24) is 19.2 Å². The average molecular weight is 435 g/mol. The maximum atomic E-state index is 12.7. The Bertz CT molecular complexity index is 977. The van der Waals surface area contributed by atoms with Gasteiger partial charge in [0.05, 0.1) is 0 Å². The first-order valence-electron chi connectivity index (χ1n) is 10.4. The molecule has 9 heteroatoms. The third kappa shape index (κ3) is 5.02. The van der Waals surface area contributed by atoms with Crippen LogP contribution in [0.4, 0.5) is 0 Å². The van der Waals surface area contributed by atoms with E-state index in [1.807, 2.05) is 12.1 Å². The molecule has 1 N–H and O–H groups in total. The van der Waals surface area contributed by atoms with Crippen molar-refractivity contribution in [1.29, 1.82) is 0 Å². The van der Waals surface area contributed by atoms with Crippen LogP contribution in [0.3, 0.4) is 0 Å². The molecule has 2 aromatic rings. The lowest BCUT2D eigenvalue weighted by Crippen LogP contribution is -2.30. The molecule has 0 aromatic carbocycles. The van der Waals surface area contributed by atoms with E-state index in [2.05, 4.69) is 10.3 Å². The van der Waals surface area contributed by atoms with E-state index in [1.54, 1.807) is 27.1 Å². The highest BCUT2D eigenvalue weighted by molar-refractivity contribution is 7.89. The summed E-state index contributed by atoms with van der Waals surface area (Å²) in [5.41, 5.74) is 1.16. The van der Waals surface area contributed by atoms with Crippen LogP contribution in [0.15, 0.2) is 35.5 Å². The summed E-state index contributed by atoms with van der Waals surface area (Å²) in [6.07, 6.45) is 7.83. The predicted octanol–water partition coefficient (Wildman–Crippen LogP) is 2.70. The van der Waals surface area contributed by atoms with Crippen LogP contribution < -0.4 is 10.1 Å². The second-order valence-corrected chi connectivity index (χ2v) is 9.41. The standard InChI is InChI=1S/C21H30N4O4S/c1-4-25(5-2)30(27,28)18-13-19(24(3)15-18)21(26)23-14-16-10-11-22-20(12-16)29-17-8-6-7-9-17/h10-13,15,17H,4-9,14H2,1-3H3,(H,23,26). The van der Waals surface area contributed by atoms with Gasteiger partial charge in [-0.05, 0) is 43.4 Å². The average Bonchev–Trinajstić information content (AvgIpc) is 3.37. The molecule has 1 amide bonds. The summed E-state index contributed by atoms with van der Waals surface area (Å²) in [5.74, 6) is 0.230. The number of aromatic nitrogens is 2. The second-order valence-electron chi connectivity index (χ2n) is 7.47. The fraction of sp³-hybridized carbons (Fsp3) is 0.524. The zero-order valence-electron chi connectivity index (χ0n) is 17.8. The highest BCUT2D eigenvalue weighted by Crippen LogP contribution is 2.23. The number of hydrogen-bond donors (Lipinski definition) is 1. The van der Waals surface area contributed by atoms with Crippen molar-refractivity contribution in [3.05, 3.63) is 41.9 Å². The van der Waals surface area contributed by atoms with E-state index in [-0.39, 0.29) is 22.6 Å². The zero-order chi connectivity index (χ0) is 21.7. The van der Waals surface area contributed by atoms with E-state index in [4.69, 9.17) is 4.74 Å². The summed E-state index contributed by atoms with van der Waals surface area (Å²) >= 11 is 0. The Labute approximate surface area is 178 Å². The summed E-state index contributed by atoms with van der Waals surface area (Å²) in [6.45, 7) is 4.63. The number of amides is 1. The molecule has 2 aromatic heterocycles. The molecule has 3 rings (SSSR count). The van der Waals surface area contributed by atoms with Gasteiger partial charge in [0.25, 0.3) is 5.91 Å². The lowest BCUT2D eigenvalue weighted by Gasteiger charge is -2.17. The van der Waals surface area contributed by atoms with Gasteiger partial charge < -0.3 is 14.6 Å². The van der Waals surface area contributed by atoms with Gasteiger partial charge in [0.1, 0.15) is 16.7 Å². The Hall–Kier alpha value is -2.39. The number of aryl methyl sites for hydroxylation is 1. The molecule has 0 aliphatic heterocycles. The van der Waals surface area contributed by atoms with Gasteiger partial charge in [-0.2, -0.15) is 4.31 Å². The Morgan fingerprint density at radius 3 is 2.63 bits per heavy atom. The lowest BCUT2D eigenvalue weighted by atomic mass is 10.2. The quantitative estimate of drug-likeness (QED) is 0.655. The fourth-order valence-electron chi connectivity index (χ4n) is 3.69. The number of carbonyl (C=O) groups excluding carboxylic acids is 1. The van der Waals surface area contributed by atoms with Gasteiger partial charge in [-0.3, -0.25) is 4.79 Å². The molecular weight excluding hydrogens is 404 g/mol. The van der Waals surface area contributed by atoms with E-state index >= 15 is 0 Å². The number of rotatable bonds is 9. The second kappa shape index (κ2) is 9.61. The molecule has 1 saturated carbocycles. The van der Waals surface area contributed by atoms with Crippen LogP contribution >= 0.6 is 0 Å². The summed E-state index contributed by atoms with van der Waals surface area (Å²) in [4.78, 5) is 17.0. The Kier molecular flexibility index (Phi) is 7.14. The van der Waals surface area contributed by atoms with Crippen LogP contribution in [-0.2, 0) is 23.6 Å². The van der Waals surface area contributed by atoms with Gasteiger partial charge in [0.15, 0.2) is 0 Å². The van der Waals surface area contributed by atoms with Gasteiger partial charge in [-0.25, -0.2) is 13.4 Å². The van der Waals surface area contributed by atoms with Crippen LogP contribution in [0, 0.1) is 0 Å². The van der Waals surface area contributed by atoms with Crippen molar-refractivity contribution in [2.24, 2.45) is 7.05 Å². The number of ether oxygens (including phenoxy) is 1. The van der Waals surface area contributed by atoms with E-state index < -0.39 is 10.0 Å². The number of nitrogens with zero attached hydrogens (tertiary/aromatic N) is 3. The van der Waals surface area contributed by atoms with Gasteiger partial charge >= 0.3 is 0 Å². The minimum atomic E-state index is -3.61. The Morgan fingerprint density at radius 1 is 1.27 bits per heavy atom. The van der Waals surface area contributed by atoms with Crippen molar-refractivity contribution < 1.29 is 17.9 Å². The van der Waals surface area contributed by atoms with Gasteiger partial charge in [-0.1, -0.05) is 13.8 Å². The first-order chi connectivity index (χ1) is 14.3. The maximum Gasteiger partial charge on any atom is 0.268 e. The van der Waals surface area contributed by atoms with Crippen molar-refractivity contribution in [3.8, 4) is 5.88 Å². The van der Waals surface area contributed by atoms with Crippen LogP contribution in [0.1, 0.15) is 55.6 Å². The molecule has 1 aliphatic carbocycles. The molecule has 0 radical (unpaired) electrons. The number of nitrogens with one attached hydrogen (secondary N) is 1. The van der Waals surface area contributed by atoms with E-state index in [0.29, 0.717) is 25.5 Å². The molecule has 0 spiro atoms. The van der Waals surface area contributed by atoms with Crippen LogP contribution in [0.2, 0.25) is 0 Å². The first-order valence-corrected chi connectivity index (χ1v) is 11.9. The number of carbonyl (C=O) groups is 1. The van der Waals surface area contributed by atoms with Gasteiger partial charge in [0, 0.05) is 45.1 Å². The topological polar surface area (TPSA) is 93.5 Å². The van der Waals surface area contributed by atoms with Crippen molar-refractivity contribution in [2.45, 2.75) is 57.1 Å². The largest absolute Gasteiger partial charge is 0.474 e. The molecule has 2 heterocycles. The fourth-order valence-corrected chi connectivity index (χ4v) is 5.22. The predicted molar refractivity (Wildman–Crippen MR) is 114 cm³/mol. The van der Waals surface area contributed by atoms with Crippen LogP contribution in [0.25, 0.3) is 0 Å². The lowest BCUT2D eigenvalue weighted by molar-refractivity contribution is 0.0942. The molecule has 8 nitrogen and oxygen atoms in total. The minimum Gasteiger partial charge on any atom is -0.474 e. The molecule has 0 bridgehead atoms. The monoisotopic (exact) mass is 434 g/mol. The number of pyridine rings is 1. The minimum absolute atomic E-state index is 0.120. The number of sulfonamides is 1. The molecule has 1 fully saturated rings. The summed E-state index contributed by atoms with van der Waals surface area (Å²) in [7, 11) is -1.95. The zero-order valence-corrected chi connectivity index (χ0v) is 18.6. The first kappa shape index (κ1) is 22.3. The molecular formula is C21H30N4O4S. The summed E-state index contributed by atoms with van der Waals surface area (Å²) < 4.78 is 34.2. The Morgan fingerprint density at radius 2 is 1.97 bits per heavy atom. The molecule has 0 atom stereocenters. The third-order valence-electron chi connectivity index (χ3n) is 5.40. The van der Waals surface area contributed by atoms with Crippen LogP contribution in [0.5, 0.6) is 5.88 Å². The highest BCUT2D eigenvalue weighted by atomic mass is 32.2. The van der Waals surface area contributed by atoms with Gasteiger partial charge in [-0.15, -0.1) is 0 Å². The van der Waals surface area contributed by atoms with Crippen molar-refractivity contribution in [3.63, 3.8) is 0 Å². The maximum absolute atomic E-state index is 12.7. The molecule has 30 heavy (non-hydrogen) atoms. The summed E-state index contributed by atoms with van der Waals surface area (Å²) in [5, 5.41) is 2.85. The smallest absolute Gasteiger partial charge is 0.268 e. The summed E-state index contributed by atoms with van der Waals surface area (Å²) in [6, 6.07) is 5.08. The van der Waals surface area contributed by atoms with Crippen molar-refractivity contribution >= 4 is 15.9 Å². The normalized spacial score (nSPS) is 14.9.